The van der Waals surface area contributed by atoms with Crippen molar-refractivity contribution < 1.29 is 28.5 Å². The van der Waals surface area contributed by atoms with Crippen LogP contribution in [0.5, 0.6) is 17.2 Å². The van der Waals surface area contributed by atoms with E-state index in [1.165, 1.54) is 17.2 Å². The van der Waals surface area contributed by atoms with Gasteiger partial charge >= 0.3 is 11.9 Å². The van der Waals surface area contributed by atoms with E-state index in [4.69, 9.17) is 18.9 Å². The quantitative estimate of drug-likeness (QED) is 0.104. The van der Waals surface area contributed by atoms with Gasteiger partial charge in [-0.15, -0.1) is 0 Å². The van der Waals surface area contributed by atoms with Crippen molar-refractivity contribution >= 4 is 11.9 Å². The molecule has 0 heterocycles. The molecule has 6 nitrogen and oxygen atoms in total. The van der Waals surface area contributed by atoms with Crippen molar-refractivity contribution in [2.75, 3.05) is 20.3 Å². The number of hydrogen-bond acceptors (Lipinski definition) is 6. The van der Waals surface area contributed by atoms with Gasteiger partial charge in [-0.2, -0.15) is 0 Å². The van der Waals surface area contributed by atoms with Gasteiger partial charge in [-0.3, -0.25) is 0 Å². The van der Waals surface area contributed by atoms with Gasteiger partial charge in [0.1, 0.15) is 17.2 Å². The number of benzene rings is 3. The van der Waals surface area contributed by atoms with Gasteiger partial charge in [0.25, 0.3) is 0 Å². The maximum absolute atomic E-state index is 12.5. The minimum Gasteiger partial charge on any atom is -0.497 e. The molecule has 3 rings (SSSR count). The van der Waals surface area contributed by atoms with E-state index in [0.717, 1.165) is 44.3 Å². The zero-order valence-electron chi connectivity index (χ0n) is 21.3. The van der Waals surface area contributed by atoms with E-state index in [1.54, 1.807) is 31.4 Å². The Hall–Kier alpha value is -4.06. The van der Waals surface area contributed by atoms with Gasteiger partial charge in [0.2, 0.25) is 0 Å². The predicted molar refractivity (Wildman–Crippen MR) is 143 cm³/mol. The number of rotatable bonds is 15. The SMILES string of the molecule is C=CC(=O)OCCCCCCOc1ccc(C(=O)Oc2ccc(CCc3ccc(OC)cc3)cc2)cc1. The van der Waals surface area contributed by atoms with Crippen LogP contribution in [0.25, 0.3) is 0 Å². The largest absolute Gasteiger partial charge is 0.497 e. The molecule has 0 aliphatic carbocycles. The molecule has 3 aromatic rings. The van der Waals surface area contributed by atoms with Gasteiger partial charge in [-0.05, 0) is 98.2 Å². The van der Waals surface area contributed by atoms with Crippen LogP contribution < -0.4 is 14.2 Å². The molecular formula is C31H34O6. The van der Waals surface area contributed by atoms with Crippen LogP contribution in [-0.4, -0.2) is 32.3 Å². The number of aryl methyl sites for hydroxylation is 2. The fourth-order valence-electron chi connectivity index (χ4n) is 3.64. The highest BCUT2D eigenvalue weighted by Crippen LogP contribution is 2.19. The highest BCUT2D eigenvalue weighted by Gasteiger charge is 2.09. The molecule has 6 heteroatoms. The van der Waals surface area contributed by atoms with E-state index in [9.17, 15) is 9.59 Å². The van der Waals surface area contributed by atoms with E-state index < -0.39 is 5.97 Å². The molecule has 0 N–H and O–H groups in total. The topological polar surface area (TPSA) is 71.1 Å². The Labute approximate surface area is 218 Å². The Morgan fingerprint density at radius 3 is 1.81 bits per heavy atom. The number of ether oxygens (including phenoxy) is 4. The second-order valence-corrected chi connectivity index (χ2v) is 8.54. The fraction of sp³-hybridized carbons (Fsp3) is 0.290. The molecule has 0 unspecified atom stereocenters. The molecule has 0 aliphatic heterocycles. The number of carbonyl (C=O) groups is 2. The zero-order chi connectivity index (χ0) is 26.3. The fourth-order valence-corrected chi connectivity index (χ4v) is 3.64. The maximum Gasteiger partial charge on any atom is 0.343 e. The van der Waals surface area contributed by atoms with Crippen molar-refractivity contribution in [3.05, 3.63) is 102 Å². The molecule has 0 atom stereocenters. The highest BCUT2D eigenvalue weighted by molar-refractivity contribution is 5.91. The smallest absolute Gasteiger partial charge is 0.343 e. The highest BCUT2D eigenvalue weighted by atomic mass is 16.5. The summed E-state index contributed by atoms with van der Waals surface area (Å²) in [4.78, 5) is 23.5. The summed E-state index contributed by atoms with van der Waals surface area (Å²) in [7, 11) is 1.66. The third-order valence-electron chi connectivity index (χ3n) is 5.80. The van der Waals surface area contributed by atoms with Gasteiger partial charge in [-0.25, -0.2) is 9.59 Å². The Morgan fingerprint density at radius 2 is 1.24 bits per heavy atom. The van der Waals surface area contributed by atoms with Gasteiger partial charge < -0.3 is 18.9 Å². The molecule has 0 fully saturated rings. The van der Waals surface area contributed by atoms with Crippen molar-refractivity contribution in [1.82, 2.24) is 0 Å². The average molecular weight is 503 g/mol. The molecule has 37 heavy (non-hydrogen) atoms. The van der Waals surface area contributed by atoms with Gasteiger partial charge in [0, 0.05) is 6.08 Å². The van der Waals surface area contributed by atoms with E-state index in [1.807, 2.05) is 36.4 Å². The summed E-state index contributed by atoms with van der Waals surface area (Å²) >= 11 is 0. The molecule has 3 aromatic carbocycles. The van der Waals surface area contributed by atoms with Crippen LogP contribution in [-0.2, 0) is 22.4 Å². The number of carbonyl (C=O) groups excluding carboxylic acids is 2. The summed E-state index contributed by atoms with van der Waals surface area (Å²) in [5.41, 5.74) is 2.88. The van der Waals surface area contributed by atoms with Crippen molar-refractivity contribution in [2.45, 2.75) is 38.5 Å². The average Bonchev–Trinajstić information content (AvgIpc) is 2.94. The second-order valence-electron chi connectivity index (χ2n) is 8.54. The lowest BCUT2D eigenvalue weighted by Gasteiger charge is -2.08. The van der Waals surface area contributed by atoms with Crippen LogP contribution in [0.4, 0.5) is 0 Å². The summed E-state index contributed by atoms with van der Waals surface area (Å²) in [6.45, 7) is 4.36. The molecule has 0 radical (unpaired) electrons. The first-order chi connectivity index (χ1) is 18.1. The molecular weight excluding hydrogens is 468 g/mol. The monoisotopic (exact) mass is 502 g/mol. The van der Waals surface area contributed by atoms with Gasteiger partial charge in [0.15, 0.2) is 0 Å². The molecule has 0 aromatic heterocycles. The molecule has 0 amide bonds. The maximum atomic E-state index is 12.5. The van der Waals surface area contributed by atoms with Crippen LogP contribution >= 0.6 is 0 Å². The standard InChI is InChI=1S/C31H34O6/c1-3-30(32)36-23-7-5-4-6-22-35-28-20-14-26(15-21-28)31(33)37-29-18-12-25(13-19-29)9-8-24-10-16-27(34-2)17-11-24/h3,10-21H,1,4-9,22-23H2,2H3. The Balaban J connectivity index is 1.35. The normalized spacial score (nSPS) is 10.4. The number of unbranched alkanes of at least 4 members (excludes halogenated alkanes) is 3. The molecule has 194 valence electrons. The van der Waals surface area contributed by atoms with E-state index in [-0.39, 0.29) is 5.97 Å². The van der Waals surface area contributed by atoms with Crippen LogP contribution in [0.15, 0.2) is 85.5 Å². The van der Waals surface area contributed by atoms with E-state index in [2.05, 4.69) is 18.7 Å². The first kappa shape index (κ1) is 27.5. The van der Waals surface area contributed by atoms with Gasteiger partial charge in [0.05, 0.1) is 25.9 Å². The Morgan fingerprint density at radius 1 is 0.703 bits per heavy atom. The van der Waals surface area contributed by atoms with Crippen LogP contribution in [0.1, 0.15) is 47.2 Å². The lowest BCUT2D eigenvalue weighted by Crippen LogP contribution is -2.08. The third kappa shape index (κ3) is 9.84. The van der Waals surface area contributed by atoms with Crippen molar-refractivity contribution in [2.24, 2.45) is 0 Å². The lowest BCUT2D eigenvalue weighted by atomic mass is 10.0. The van der Waals surface area contributed by atoms with E-state index in [0.29, 0.717) is 30.3 Å². The first-order valence-corrected chi connectivity index (χ1v) is 12.5. The predicted octanol–water partition coefficient (Wildman–Crippen LogP) is 6.37. The summed E-state index contributed by atoms with van der Waals surface area (Å²) in [5, 5.41) is 0. The van der Waals surface area contributed by atoms with Crippen molar-refractivity contribution in [3.63, 3.8) is 0 Å². The van der Waals surface area contributed by atoms with Crippen molar-refractivity contribution in [3.8, 4) is 17.2 Å². The molecule has 0 saturated carbocycles. The summed E-state index contributed by atoms with van der Waals surface area (Å²) in [5.74, 6) is 1.28. The van der Waals surface area contributed by atoms with E-state index >= 15 is 0 Å². The Kier molecular flexibility index (Phi) is 11.3. The molecule has 0 aliphatic rings. The van der Waals surface area contributed by atoms with Crippen molar-refractivity contribution in [1.29, 1.82) is 0 Å². The molecule has 0 spiro atoms. The van der Waals surface area contributed by atoms with Crippen LogP contribution in [0, 0.1) is 0 Å². The third-order valence-corrected chi connectivity index (χ3v) is 5.80. The van der Waals surface area contributed by atoms with Gasteiger partial charge in [-0.1, -0.05) is 30.8 Å². The van der Waals surface area contributed by atoms with Crippen LogP contribution in [0.3, 0.4) is 0 Å². The Bertz CT molecular complexity index is 1120. The first-order valence-electron chi connectivity index (χ1n) is 12.5. The summed E-state index contributed by atoms with van der Waals surface area (Å²) in [6, 6.07) is 22.6. The summed E-state index contributed by atoms with van der Waals surface area (Å²) in [6.07, 6.45) is 6.65. The lowest BCUT2D eigenvalue weighted by molar-refractivity contribution is -0.137. The second kappa shape index (κ2) is 15.1. The minimum absolute atomic E-state index is 0.384. The number of esters is 2. The molecule has 0 saturated heterocycles. The zero-order valence-corrected chi connectivity index (χ0v) is 21.3. The van der Waals surface area contributed by atoms with Crippen LogP contribution in [0.2, 0.25) is 0 Å². The summed E-state index contributed by atoms with van der Waals surface area (Å²) < 4.78 is 21.4. The minimum atomic E-state index is -0.408. The number of hydrogen-bond donors (Lipinski definition) is 0. The molecule has 0 bridgehead atoms. The number of methoxy groups -OCH3 is 1.